The van der Waals surface area contributed by atoms with E-state index in [9.17, 15) is 14.3 Å². The average molecular weight is 299 g/mol. The lowest BCUT2D eigenvalue weighted by molar-refractivity contribution is 0.0950. The standard InChI is InChI=1S/C16H14FN3O2/c17-14-9-18-5-4-12(14)16(22)19-6-3-10-8-20-15-2-1-11(21)7-13(10)15/h1-2,4-5,7-9,20-21H,3,6H2,(H,19,22). The van der Waals surface area contributed by atoms with Crippen LogP contribution in [0.25, 0.3) is 10.9 Å². The number of nitrogens with one attached hydrogen (secondary N) is 2. The van der Waals surface area contributed by atoms with Gasteiger partial charge in [0, 0.05) is 29.8 Å². The third-order valence-electron chi connectivity index (χ3n) is 3.45. The predicted octanol–water partition coefficient (Wildman–Crippen LogP) is 2.38. The number of hydrogen-bond acceptors (Lipinski definition) is 3. The Morgan fingerprint density at radius 2 is 2.23 bits per heavy atom. The molecule has 3 rings (SSSR count). The molecule has 2 heterocycles. The van der Waals surface area contributed by atoms with Gasteiger partial charge < -0.3 is 15.4 Å². The summed E-state index contributed by atoms with van der Waals surface area (Å²) in [5.41, 5.74) is 1.87. The quantitative estimate of drug-likeness (QED) is 0.692. The molecule has 0 aliphatic heterocycles. The molecule has 112 valence electrons. The second-order valence-corrected chi connectivity index (χ2v) is 4.91. The van der Waals surface area contributed by atoms with Crippen LogP contribution in [0, 0.1) is 5.82 Å². The number of hydrogen-bond donors (Lipinski definition) is 3. The Balaban J connectivity index is 1.66. The molecule has 0 radical (unpaired) electrons. The number of halogens is 1. The van der Waals surface area contributed by atoms with Crippen molar-refractivity contribution in [1.29, 1.82) is 0 Å². The number of pyridine rings is 1. The third-order valence-corrected chi connectivity index (χ3v) is 3.45. The summed E-state index contributed by atoms with van der Waals surface area (Å²) in [7, 11) is 0. The van der Waals surface area contributed by atoms with Crippen LogP contribution in [-0.2, 0) is 6.42 Å². The summed E-state index contributed by atoms with van der Waals surface area (Å²) in [5, 5.41) is 13.1. The fourth-order valence-electron chi connectivity index (χ4n) is 2.34. The molecule has 2 aromatic heterocycles. The number of phenols is 1. The van der Waals surface area contributed by atoms with Gasteiger partial charge in [0.05, 0.1) is 11.8 Å². The van der Waals surface area contributed by atoms with Gasteiger partial charge in [-0.1, -0.05) is 0 Å². The molecule has 0 aliphatic carbocycles. The molecule has 5 nitrogen and oxygen atoms in total. The zero-order chi connectivity index (χ0) is 15.5. The van der Waals surface area contributed by atoms with Gasteiger partial charge in [0.2, 0.25) is 0 Å². The third kappa shape index (κ3) is 2.76. The minimum atomic E-state index is -0.642. The summed E-state index contributed by atoms with van der Waals surface area (Å²) in [6.07, 6.45) is 4.79. The highest BCUT2D eigenvalue weighted by atomic mass is 19.1. The molecule has 0 fully saturated rings. The van der Waals surface area contributed by atoms with Gasteiger partial charge in [0.15, 0.2) is 5.82 Å². The Labute approximate surface area is 125 Å². The lowest BCUT2D eigenvalue weighted by atomic mass is 10.1. The number of benzene rings is 1. The van der Waals surface area contributed by atoms with E-state index in [0.29, 0.717) is 13.0 Å². The van der Waals surface area contributed by atoms with Crippen molar-refractivity contribution in [2.75, 3.05) is 6.54 Å². The minimum absolute atomic E-state index is 0.0217. The maximum Gasteiger partial charge on any atom is 0.254 e. The number of rotatable bonds is 4. The minimum Gasteiger partial charge on any atom is -0.508 e. The van der Waals surface area contributed by atoms with E-state index in [0.717, 1.165) is 22.7 Å². The van der Waals surface area contributed by atoms with Crippen molar-refractivity contribution < 1.29 is 14.3 Å². The van der Waals surface area contributed by atoms with Crippen molar-refractivity contribution in [3.63, 3.8) is 0 Å². The van der Waals surface area contributed by atoms with Crippen molar-refractivity contribution in [1.82, 2.24) is 15.3 Å². The normalized spacial score (nSPS) is 10.8. The molecule has 0 aliphatic rings. The monoisotopic (exact) mass is 299 g/mol. The van der Waals surface area contributed by atoms with Crippen LogP contribution in [-0.4, -0.2) is 27.5 Å². The number of nitrogens with zero attached hydrogens (tertiary/aromatic N) is 1. The predicted molar refractivity (Wildman–Crippen MR) is 80.2 cm³/mol. The first-order valence-corrected chi connectivity index (χ1v) is 6.82. The van der Waals surface area contributed by atoms with Crippen LogP contribution in [0.4, 0.5) is 4.39 Å². The number of fused-ring (bicyclic) bond motifs is 1. The molecule has 22 heavy (non-hydrogen) atoms. The summed E-state index contributed by atoms with van der Waals surface area (Å²) in [6, 6.07) is 6.41. The molecule has 0 spiro atoms. The Morgan fingerprint density at radius 3 is 3.05 bits per heavy atom. The Bertz CT molecular complexity index is 829. The lowest BCUT2D eigenvalue weighted by Crippen LogP contribution is -2.26. The Kier molecular flexibility index (Phi) is 3.74. The molecule has 3 N–H and O–H groups in total. The van der Waals surface area contributed by atoms with Crippen LogP contribution in [0.2, 0.25) is 0 Å². The zero-order valence-electron chi connectivity index (χ0n) is 11.6. The summed E-state index contributed by atoms with van der Waals surface area (Å²) < 4.78 is 13.4. The highest BCUT2D eigenvalue weighted by Gasteiger charge is 2.11. The summed E-state index contributed by atoms with van der Waals surface area (Å²) >= 11 is 0. The van der Waals surface area contributed by atoms with Crippen molar-refractivity contribution in [2.45, 2.75) is 6.42 Å². The molecule has 0 atom stereocenters. The van der Waals surface area contributed by atoms with Crippen molar-refractivity contribution in [3.05, 3.63) is 59.8 Å². The highest BCUT2D eigenvalue weighted by molar-refractivity contribution is 5.94. The van der Waals surface area contributed by atoms with Gasteiger partial charge in [0.25, 0.3) is 5.91 Å². The second-order valence-electron chi connectivity index (χ2n) is 4.91. The van der Waals surface area contributed by atoms with E-state index in [1.807, 2.05) is 6.20 Å². The van der Waals surface area contributed by atoms with E-state index in [4.69, 9.17) is 0 Å². The van der Waals surface area contributed by atoms with Gasteiger partial charge in [-0.25, -0.2) is 4.39 Å². The molecule has 1 aromatic carbocycles. The van der Waals surface area contributed by atoms with Crippen LogP contribution in [0.3, 0.4) is 0 Å². The van der Waals surface area contributed by atoms with Gasteiger partial charge in [-0.15, -0.1) is 0 Å². The SMILES string of the molecule is O=C(NCCc1c[nH]c2ccc(O)cc12)c1ccncc1F. The molecule has 6 heteroatoms. The van der Waals surface area contributed by atoms with E-state index in [1.165, 1.54) is 12.3 Å². The van der Waals surface area contributed by atoms with Gasteiger partial charge in [-0.05, 0) is 36.2 Å². The topological polar surface area (TPSA) is 78.0 Å². The van der Waals surface area contributed by atoms with E-state index >= 15 is 0 Å². The van der Waals surface area contributed by atoms with E-state index in [-0.39, 0.29) is 11.3 Å². The fraction of sp³-hybridized carbons (Fsp3) is 0.125. The molecule has 0 saturated heterocycles. The maximum absolute atomic E-state index is 13.4. The van der Waals surface area contributed by atoms with Gasteiger partial charge in [-0.3, -0.25) is 9.78 Å². The summed E-state index contributed by atoms with van der Waals surface area (Å²) in [6.45, 7) is 0.364. The van der Waals surface area contributed by atoms with E-state index in [2.05, 4.69) is 15.3 Å². The molecule has 0 saturated carbocycles. The molecular weight excluding hydrogens is 285 g/mol. The average Bonchev–Trinajstić information content (AvgIpc) is 2.90. The van der Waals surface area contributed by atoms with Gasteiger partial charge in [0.1, 0.15) is 5.75 Å². The largest absolute Gasteiger partial charge is 0.508 e. The first-order chi connectivity index (χ1) is 10.6. The number of carbonyl (C=O) groups is 1. The number of aromatic hydroxyl groups is 1. The molecule has 0 bridgehead atoms. The molecule has 1 amide bonds. The van der Waals surface area contributed by atoms with Crippen LogP contribution in [0.15, 0.2) is 42.9 Å². The number of phenolic OH excluding ortho intramolecular Hbond substituents is 1. The van der Waals surface area contributed by atoms with Crippen LogP contribution in [0.1, 0.15) is 15.9 Å². The molecule has 0 unspecified atom stereocenters. The number of aromatic nitrogens is 2. The number of aromatic amines is 1. The zero-order valence-corrected chi connectivity index (χ0v) is 11.6. The smallest absolute Gasteiger partial charge is 0.254 e. The van der Waals surface area contributed by atoms with Gasteiger partial charge in [-0.2, -0.15) is 0 Å². The number of carbonyl (C=O) groups excluding carboxylic acids is 1. The van der Waals surface area contributed by atoms with Crippen molar-refractivity contribution in [2.24, 2.45) is 0 Å². The maximum atomic E-state index is 13.4. The summed E-state index contributed by atoms with van der Waals surface area (Å²) in [5.74, 6) is -0.921. The first kappa shape index (κ1) is 14.1. The van der Waals surface area contributed by atoms with Crippen molar-refractivity contribution >= 4 is 16.8 Å². The summed E-state index contributed by atoms with van der Waals surface area (Å²) in [4.78, 5) is 18.6. The molecular formula is C16H14FN3O2. The second kappa shape index (κ2) is 5.85. The Morgan fingerprint density at radius 1 is 1.36 bits per heavy atom. The highest BCUT2D eigenvalue weighted by Crippen LogP contribution is 2.23. The Hall–Kier alpha value is -2.89. The van der Waals surface area contributed by atoms with Crippen LogP contribution in [0.5, 0.6) is 5.75 Å². The number of amides is 1. The fourth-order valence-corrected chi connectivity index (χ4v) is 2.34. The number of H-pyrrole nitrogens is 1. The van der Waals surface area contributed by atoms with Gasteiger partial charge >= 0.3 is 0 Å². The van der Waals surface area contributed by atoms with Crippen LogP contribution >= 0.6 is 0 Å². The molecule has 3 aromatic rings. The van der Waals surface area contributed by atoms with Crippen molar-refractivity contribution in [3.8, 4) is 5.75 Å². The van der Waals surface area contributed by atoms with E-state index < -0.39 is 11.7 Å². The van der Waals surface area contributed by atoms with E-state index in [1.54, 1.807) is 18.2 Å². The van der Waals surface area contributed by atoms with Crippen LogP contribution < -0.4 is 5.32 Å². The first-order valence-electron chi connectivity index (χ1n) is 6.82. The lowest BCUT2D eigenvalue weighted by Gasteiger charge is -2.05.